The number of fused-ring (bicyclic) bond motifs is 1. The van der Waals surface area contributed by atoms with Crippen LogP contribution in [0.5, 0.6) is 0 Å². The second-order valence-electron chi connectivity index (χ2n) is 7.33. The molecule has 2 fully saturated rings. The largest absolute Gasteiger partial charge is 0.364 e. The number of hydrogen-bond acceptors (Lipinski definition) is 3. The molecule has 4 nitrogen and oxygen atoms in total. The molecule has 2 aliphatic heterocycles. The standard InChI is InChI=1S/C17H26ClNO3/c1-11(12-7-5-4-6-8-12)17-15(2,22-16(17,3)21)13(9-10-18)14(20)19-17/h5,7,11-13,21H,4,6,8-10H2,1-3H3,(H,19,20)/t11-,12+,13+,15-,16?,17+/m0/s1. The molecule has 2 saturated heterocycles. The van der Waals surface area contributed by atoms with Gasteiger partial charge in [-0.25, -0.2) is 0 Å². The Morgan fingerprint density at radius 2 is 2.27 bits per heavy atom. The third-order valence-electron chi connectivity index (χ3n) is 6.24. The number of halogens is 1. The summed E-state index contributed by atoms with van der Waals surface area (Å²) in [5, 5.41) is 13.9. The molecule has 0 aromatic carbocycles. The molecule has 124 valence electrons. The summed E-state index contributed by atoms with van der Waals surface area (Å²) in [5.74, 6) is -0.843. The molecular formula is C17H26ClNO3. The van der Waals surface area contributed by atoms with Gasteiger partial charge in [0.1, 0.15) is 11.1 Å². The van der Waals surface area contributed by atoms with E-state index < -0.39 is 16.9 Å². The fourth-order valence-electron chi connectivity index (χ4n) is 5.19. The van der Waals surface area contributed by atoms with Gasteiger partial charge in [0.25, 0.3) is 0 Å². The first-order valence-electron chi connectivity index (χ1n) is 8.27. The number of amides is 1. The molecule has 0 radical (unpaired) electrons. The van der Waals surface area contributed by atoms with Crippen LogP contribution in [0.1, 0.15) is 46.5 Å². The van der Waals surface area contributed by atoms with Crippen LogP contribution in [0.25, 0.3) is 0 Å². The van der Waals surface area contributed by atoms with Gasteiger partial charge in [0.05, 0.1) is 5.92 Å². The van der Waals surface area contributed by atoms with Crippen LogP contribution in [-0.4, -0.2) is 33.8 Å². The predicted molar refractivity (Wildman–Crippen MR) is 85.5 cm³/mol. The Morgan fingerprint density at radius 3 is 2.82 bits per heavy atom. The predicted octanol–water partition coefficient (Wildman–Crippen LogP) is 2.59. The zero-order valence-electron chi connectivity index (χ0n) is 13.6. The first kappa shape index (κ1) is 16.3. The minimum Gasteiger partial charge on any atom is -0.364 e. The van der Waals surface area contributed by atoms with Crippen LogP contribution in [0.2, 0.25) is 0 Å². The fraction of sp³-hybridized carbons (Fsp3) is 0.824. The highest BCUT2D eigenvalue weighted by atomic mass is 35.5. The van der Waals surface area contributed by atoms with E-state index in [4.69, 9.17) is 16.3 Å². The minimum absolute atomic E-state index is 0.0486. The molecule has 3 rings (SSSR count). The summed E-state index contributed by atoms with van der Waals surface area (Å²) in [4.78, 5) is 12.5. The number of nitrogens with one attached hydrogen (secondary N) is 1. The second kappa shape index (κ2) is 5.22. The van der Waals surface area contributed by atoms with Gasteiger partial charge >= 0.3 is 0 Å². The number of carbonyl (C=O) groups is 1. The van der Waals surface area contributed by atoms with E-state index in [0.717, 1.165) is 19.3 Å². The van der Waals surface area contributed by atoms with E-state index in [1.54, 1.807) is 6.92 Å². The van der Waals surface area contributed by atoms with E-state index in [1.165, 1.54) is 0 Å². The van der Waals surface area contributed by atoms with E-state index in [-0.39, 0.29) is 17.7 Å². The van der Waals surface area contributed by atoms with Gasteiger partial charge < -0.3 is 15.2 Å². The van der Waals surface area contributed by atoms with E-state index in [2.05, 4.69) is 24.4 Å². The Balaban J connectivity index is 1.99. The number of hydrogen-bond donors (Lipinski definition) is 2. The summed E-state index contributed by atoms with van der Waals surface area (Å²) < 4.78 is 5.88. The molecule has 0 saturated carbocycles. The van der Waals surface area contributed by atoms with Crippen LogP contribution in [-0.2, 0) is 9.53 Å². The van der Waals surface area contributed by atoms with Crippen molar-refractivity contribution in [1.82, 2.24) is 5.32 Å². The highest BCUT2D eigenvalue weighted by Crippen LogP contribution is 2.62. The first-order valence-corrected chi connectivity index (χ1v) is 8.81. The lowest BCUT2D eigenvalue weighted by molar-refractivity contribution is -0.425. The van der Waals surface area contributed by atoms with Gasteiger partial charge in [-0.05, 0) is 51.4 Å². The summed E-state index contributed by atoms with van der Waals surface area (Å²) in [5.41, 5.74) is -1.45. The smallest absolute Gasteiger partial charge is 0.226 e. The Labute approximate surface area is 137 Å². The molecular weight excluding hydrogens is 302 g/mol. The number of aliphatic hydroxyl groups is 1. The van der Waals surface area contributed by atoms with Gasteiger partial charge in [-0.3, -0.25) is 4.79 Å². The van der Waals surface area contributed by atoms with Gasteiger partial charge in [0, 0.05) is 5.88 Å². The highest BCUT2D eigenvalue weighted by Gasteiger charge is 2.81. The van der Waals surface area contributed by atoms with E-state index in [9.17, 15) is 9.90 Å². The number of carbonyl (C=O) groups excluding carboxylic acids is 1. The summed E-state index contributed by atoms with van der Waals surface area (Å²) in [7, 11) is 0. The first-order chi connectivity index (χ1) is 10.3. The third kappa shape index (κ3) is 1.87. The summed E-state index contributed by atoms with van der Waals surface area (Å²) in [6.07, 6.45) is 8.36. The maximum Gasteiger partial charge on any atom is 0.226 e. The summed E-state index contributed by atoms with van der Waals surface area (Å²) >= 11 is 5.88. The maximum atomic E-state index is 12.5. The molecule has 1 amide bonds. The van der Waals surface area contributed by atoms with Crippen molar-refractivity contribution >= 4 is 17.5 Å². The SMILES string of the molecule is C[C@@H]([C@@H]1C=CCCC1)[C@@]12NC(=O)[C@@H](CCCl)[C@]1(C)OC2(C)O. The lowest BCUT2D eigenvalue weighted by Gasteiger charge is -2.66. The number of rotatable bonds is 4. The Hall–Kier alpha value is -0.580. The normalized spacial score (nSPS) is 48.5. The van der Waals surface area contributed by atoms with E-state index >= 15 is 0 Å². The van der Waals surface area contributed by atoms with Gasteiger partial charge in [0.15, 0.2) is 5.79 Å². The van der Waals surface area contributed by atoms with E-state index in [1.807, 2.05) is 6.92 Å². The van der Waals surface area contributed by atoms with Gasteiger partial charge in [0.2, 0.25) is 5.91 Å². The van der Waals surface area contributed by atoms with Gasteiger partial charge in [-0.15, -0.1) is 11.6 Å². The second-order valence-corrected chi connectivity index (χ2v) is 7.71. The monoisotopic (exact) mass is 327 g/mol. The lowest BCUT2D eigenvalue weighted by atomic mass is 9.57. The van der Waals surface area contributed by atoms with Crippen LogP contribution in [0.15, 0.2) is 12.2 Å². The zero-order valence-corrected chi connectivity index (χ0v) is 14.3. The van der Waals surface area contributed by atoms with Crippen molar-refractivity contribution in [3.05, 3.63) is 12.2 Å². The average Bonchev–Trinajstić information content (AvgIpc) is 2.66. The third-order valence-corrected chi connectivity index (χ3v) is 6.46. The van der Waals surface area contributed by atoms with Crippen LogP contribution < -0.4 is 5.32 Å². The van der Waals surface area contributed by atoms with Gasteiger partial charge in [-0.1, -0.05) is 19.1 Å². The Kier molecular flexibility index (Phi) is 3.86. The van der Waals surface area contributed by atoms with Crippen LogP contribution in [0, 0.1) is 17.8 Å². The van der Waals surface area contributed by atoms with Crippen molar-refractivity contribution in [2.45, 2.75) is 63.4 Å². The molecule has 3 aliphatic rings. The molecule has 0 spiro atoms. The lowest BCUT2D eigenvalue weighted by Crippen LogP contribution is -2.85. The number of ether oxygens (including phenoxy) is 1. The van der Waals surface area contributed by atoms with Gasteiger partial charge in [-0.2, -0.15) is 0 Å². The van der Waals surface area contributed by atoms with Crippen molar-refractivity contribution in [3.8, 4) is 0 Å². The highest BCUT2D eigenvalue weighted by molar-refractivity contribution is 6.18. The van der Waals surface area contributed by atoms with Crippen molar-refractivity contribution in [3.63, 3.8) is 0 Å². The van der Waals surface area contributed by atoms with Crippen LogP contribution in [0.3, 0.4) is 0 Å². The number of alkyl halides is 1. The topological polar surface area (TPSA) is 58.6 Å². The molecule has 2 heterocycles. The molecule has 22 heavy (non-hydrogen) atoms. The zero-order chi connectivity index (χ0) is 16.2. The number of allylic oxidation sites excluding steroid dienone is 2. The molecule has 5 heteroatoms. The van der Waals surface area contributed by atoms with Crippen molar-refractivity contribution in [2.24, 2.45) is 17.8 Å². The Morgan fingerprint density at radius 1 is 1.55 bits per heavy atom. The summed E-state index contributed by atoms with van der Waals surface area (Å²) in [6, 6.07) is 0. The maximum absolute atomic E-state index is 12.5. The van der Waals surface area contributed by atoms with Crippen LogP contribution >= 0.6 is 11.6 Å². The van der Waals surface area contributed by atoms with Crippen molar-refractivity contribution in [1.29, 1.82) is 0 Å². The molecule has 1 unspecified atom stereocenters. The van der Waals surface area contributed by atoms with Crippen molar-refractivity contribution < 1.29 is 14.6 Å². The van der Waals surface area contributed by atoms with E-state index in [0.29, 0.717) is 18.2 Å². The molecule has 0 aromatic rings. The Bertz CT molecular complexity index is 506. The molecule has 0 aromatic heterocycles. The fourth-order valence-corrected chi connectivity index (χ4v) is 5.40. The average molecular weight is 328 g/mol. The quantitative estimate of drug-likeness (QED) is 0.616. The van der Waals surface area contributed by atoms with Crippen LogP contribution in [0.4, 0.5) is 0 Å². The molecule has 1 aliphatic carbocycles. The molecule has 6 atom stereocenters. The minimum atomic E-state index is -1.34. The van der Waals surface area contributed by atoms with Crippen molar-refractivity contribution in [2.75, 3.05) is 5.88 Å². The molecule has 2 N–H and O–H groups in total. The summed E-state index contributed by atoms with van der Waals surface area (Å²) in [6.45, 7) is 5.74. The molecule has 0 bridgehead atoms.